The summed E-state index contributed by atoms with van der Waals surface area (Å²) in [6.07, 6.45) is 1.93. The van der Waals surface area contributed by atoms with Crippen LogP contribution in [-0.2, 0) is 9.47 Å². The Balaban J connectivity index is 2.17. The van der Waals surface area contributed by atoms with Gasteiger partial charge in [0.25, 0.3) is 0 Å². The normalized spacial score (nSPS) is 16.3. The molecule has 1 fully saturated rings. The number of nitrogens with one attached hydrogen (secondary N) is 1. The summed E-state index contributed by atoms with van der Waals surface area (Å²) in [5.41, 5.74) is 2.50. The molecule has 1 heterocycles. The Morgan fingerprint density at radius 1 is 1.39 bits per heavy atom. The third-order valence-electron chi connectivity index (χ3n) is 3.16. The average molecular weight is 249 g/mol. The number of rotatable bonds is 3. The Morgan fingerprint density at radius 3 is 2.78 bits per heavy atom. The minimum atomic E-state index is -0.298. The summed E-state index contributed by atoms with van der Waals surface area (Å²) in [6.45, 7) is 3.51. The van der Waals surface area contributed by atoms with Crippen molar-refractivity contribution in [1.29, 1.82) is 0 Å². The van der Waals surface area contributed by atoms with Crippen LogP contribution in [0.5, 0.6) is 0 Å². The molecule has 0 aromatic heterocycles. The molecule has 0 unspecified atom stereocenters. The second-order valence-corrected chi connectivity index (χ2v) is 4.57. The van der Waals surface area contributed by atoms with Crippen molar-refractivity contribution in [2.75, 3.05) is 25.6 Å². The first-order valence-corrected chi connectivity index (χ1v) is 6.24. The fourth-order valence-electron chi connectivity index (χ4n) is 2.12. The summed E-state index contributed by atoms with van der Waals surface area (Å²) in [4.78, 5) is 11.7. The summed E-state index contributed by atoms with van der Waals surface area (Å²) < 4.78 is 10.1. The number of anilines is 1. The summed E-state index contributed by atoms with van der Waals surface area (Å²) in [7, 11) is 1.41. The first kappa shape index (κ1) is 12.9. The van der Waals surface area contributed by atoms with E-state index < -0.39 is 0 Å². The first-order chi connectivity index (χ1) is 8.70. The predicted molar refractivity (Wildman–Crippen MR) is 70.0 cm³/mol. The summed E-state index contributed by atoms with van der Waals surface area (Å²) in [6, 6.07) is 6.16. The summed E-state index contributed by atoms with van der Waals surface area (Å²) >= 11 is 0. The molecule has 0 saturated carbocycles. The largest absolute Gasteiger partial charge is 0.465 e. The van der Waals surface area contributed by atoms with Crippen molar-refractivity contribution in [3.8, 4) is 0 Å². The third kappa shape index (κ3) is 3.01. The molecule has 4 nitrogen and oxygen atoms in total. The number of ether oxygens (including phenoxy) is 2. The maximum atomic E-state index is 11.7. The topological polar surface area (TPSA) is 47.6 Å². The van der Waals surface area contributed by atoms with Crippen LogP contribution in [0.25, 0.3) is 0 Å². The van der Waals surface area contributed by atoms with Gasteiger partial charge in [-0.15, -0.1) is 0 Å². The van der Waals surface area contributed by atoms with Crippen molar-refractivity contribution >= 4 is 11.7 Å². The van der Waals surface area contributed by atoms with Crippen LogP contribution in [-0.4, -0.2) is 32.3 Å². The number of methoxy groups -OCH3 is 1. The molecular weight excluding hydrogens is 230 g/mol. The maximum absolute atomic E-state index is 11.7. The Labute approximate surface area is 107 Å². The Morgan fingerprint density at radius 2 is 2.11 bits per heavy atom. The van der Waals surface area contributed by atoms with Crippen LogP contribution in [0.2, 0.25) is 0 Å². The van der Waals surface area contributed by atoms with Crippen molar-refractivity contribution in [1.82, 2.24) is 0 Å². The monoisotopic (exact) mass is 249 g/mol. The van der Waals surface area contributed by atoms with Crippen molar-refractivity contribution in [3.05, 3.63) is 29.3 Å². The number of benzene rings is 1. The average Bonchev–Trinajstić information content (AvgIpc) is 2.41. The molecular formula is C14H19NO3. The number of aryl methyl sites for hydroxylation is 1. The predicted octanol–water partition coefficient (Wildman–Crippen LogP) is 2.37. The molecule has 1 aromatic rings. The first-order valence-electron chi connectivity index (χ1n) is 6.24. The summed E-state index contributed by atoms with van der Waals surface area (Å²) in [5, 5.41) is 3.41. The Kier molecular flexibility index (Phi) is 4.20. The van der Waals surface area contributed by atoms with E-state index in [1.165, 1.54) is 7.11 Å². The minimum absolute atomic E-state index is 0.298. The van der Waals surface area contributed by atoms with Crippen LogP contribution in [0, 0.1) is 6.92 Å². The SMILES string of the molecule is COC(=O)c1cc(C)ccc1NC1CCOCC1. The number of hydrogen-bond donors (Lipinski definition) is 1. The molecule has 98 valence electrons. The molecule has 18 heavy (non-hydrogen) atoms. The lowest BCUT2D eigenvalue weighted by Crippen LogP contribution is -2.28. The smallest absolute Gasteiger partial charge is 0.339 e. The highest BCUT2D eigenvalue weighted by molar-refractivity contribution is 5.95. The van der Waals surface area contributed by atoms with Crippen molar-refractivity contribution in [3.63, 3.8) is 0 Å². The van der Waals surface area contributed by atoms with E-state index in [1.54, 1.807) is 0 Å². The molecule has 1 saturated heterocycles. The van der Waals surface area contributed by atoms with Gasteiger partial charge in [0.05, 0.1) is 12.7 Å². The molecule has 0 spiro atoms. The van der Waals surface area contributed by atoms with E-state index in [2.05, 4.69) is 5.32 Å². The maximum Gasteiger partial charge on any atom is 0.339 e. The van der Waals surface area contributed by atoms with E-state index in [0.717, 1.165) is 37.3 Å². The molecule has 4 heteroatoms. The Hall–Kier alpha value is -1.55. The van der Waals surface area contributed by atoms with Gasteiger partial charge in [0.2, 0.25) is 0 Å². The highest BCUT2D eigenvalue weighted by atomic mass is 16.5. The van der Waals surface area contributed by atoms with Gasteiger partial charge in [-0.3, -0.25) is 0 Å². The highest BCUT2D eigenvalue weighted by Gasteiger charge is 2.17. The zero-order valence-corrected chi connectivity index (χ0v) is 10.9. The zero-order valence-electron chi connectivity index (χ0n) is 10.9. The number of carbonyl (C=O) groups excluding carboxylic acids is 1. The van der Waals surface area contributed by atoms with E-state index in [0.29, 0.717) is 11.6 Å². The molecule has 0 atom stereocenters. The van der Waals surface area contributed by atoms with Gasteiger partial charge in [-0.25, -0.2) is 4.79 Å². The lowest BCUT2D eigenvalue weighted by molar-refractivity contribution is 0.0601. The van der Waals surface area contributed by atoms with Gasteiger partial charge < -0.3 is 14.8 Å². The van der Waals surface area contributed by atoms with Gasteiger partial charge in [-0.1, -0.05) is 11.6 Å². The summed E-state index contributed by atoms with van der Waals surface area (Å²) in [5.74, 6) is -0.298. The lowest BCUT2D eigenvalue weighted by atomic mass is 10.1. The number of esters is 1. The third-order valence-corrected chi connectivity index (χ3v) is 3.16. The van der Waals surface area contributed by atoms with Gasteiger partial charge in [0, 0.05) is 24.9 Å². The van der Waals surface area contributed by atoms with Gasteiger partial charge >= 0.3 is 5.97 Å². The molecule has 0 bridgehead atoms. The number of hydrogen-bond acceptors (Lipinski definition) is 4. The molecule has 0 radical (unpaired) electrons. The van der Waals surface area contributed by atoms with Crippen LogP contribution in [0.3, 0.4) is 0 Å². The van der Waals surface area contributed by atoms with Crippen LogP contribution in [0.4, 0.5) is 5.69 Å². The molecule has 0 amide bonds. The van der Waals surface area contributed by atoms with Gasteiger partial charge in [0.15, 0.2) is 0 Å². The second kappa shape index (κ2) is 5.87. The van der Waals surface area contributed by atoms with Gasteiger partial charge in [0.1, 0.15) is 0 Å². The van der Waals surface area contributed by atoms with E-state index >= 15 is 0 Å². The quantitative estimate of drug-likeness (QED) is 0.835. The van der Waals surface area contributed by atoms with Crippen LogP contribution < -0.4 is 5.32 Å². The minimum Gasteiger partial charge on any atom is -0.465 e. The lowest BCUT2D eigenvalue weighted by Gasteiger charge is -2.25. The van der Waals surface area contributed by atoms with Gasteiger partial charge in [-0.05, 0) is 31.9 Å². The van der Waals surface area contributed by atoms with E-state index in [-0.39, 0.29) is 5.97 Å². The fourth-order valence-corrected chi connectivity index (χ4v) is 2.12. The van der Waals surface area contributed by atoms with Crippen LogP contribution >= 0.6 is 0 Å². The standard InChI is InChI=1S/C14H19NO3/c1-10-3-4-13(12(9-10)14(16)17-2)15-11-5-7-18-8-6-11/h3-4,9,11,15H,5-8H2,1-2H3. The van der Waals surface area contributed by atoms with Crippen LogP contribution in [0.15, 0.2) is 18.2 Å². The zero-order chi connectivity index (χ0) is 13.0. The Bertz CT molecular complexity index is 425. The molecule has 1 aromatic carbocycles. The highest BCUT2D eigenvalue weighted by Crippen LogP contribution is 2.21. The number of carbonyl (C=O) groups is 1. The van der Waals surface area contributed by atoms with E-state index in [9.17, 15) is 4.79 Å². The van der Waals surface area contributed by atoms with Crippen LogP contribution in [0.1, 0.15) is 28.8 Å². The van der Waals surface area contributed by atoms with Crippen molar-refractivity contribution in [2.45, 2.75) is 25.8 Å². The molecule has 1 N–H and O–H groups in total. The molecule has 1 aliphatic heterocycles. The van der Waals surface area contributed by atoms with E-state index in [1.807, 2.05) is 25.1 Å². The van der Waals surface area contributed by atoms with Crippen molar-refractivity contribution < 1.29 is 14.3 Å². The molecule has 1 aliphatic rings. The second-order valence-electron chi connectivity index (χ2n) is 4.57. The molecule has 0 aliphatic carbocycles. The molecule has 2 rings (SSSR count). The van der Waals surface area contributed by atoms with Gasteiger partial charge in [-0.2, -0.15) is 0 Å². The van der Waals surface area contributed by atoms with Crippen molar-refractivity contribution in [2.24, 2.45) is 0 Å². The fraction of sp³-hybridized carbons (Fsp3) is 0.500. The van der Waals surface area contributed by atoms with E-state index in [4.69, 9.17) is 9.47 Å².